The van der Waals surface area contributed by atoms with E-state index in [4.69, 9.17) is 0 Å². The maximum absolute atomic E-state index is 4.32. The van der Waals surface area contributed by atoms with Gasteiger partial charge in [0.05, 0.1) is 0 Å². The van der Waals surface area contributed by atoms with Crippen molar-refractivity contribution in [1.29, 1.82) is 0 Å². The molecule has 1 aliphatic rings. The SMILES string of the molecule is CCc1nncn1CCNC(=NC)NCC(C)N1CCCCC1C.I. The van der Waals surface area contributed by atoms with Crippen molar-refractivity contribution in [2.24, 2.45) is 4.99 Å². The van der Waals surface area contributed by atoms with E-state index in [2.05, 4.69) is 56.1 Å². The number of nitrogens with zero attached hydrogens (tertiary/aromatic N) is 5. The van der Waals surface area contributed by atoms with Crippen LogP contribution in [0.25, 0.3) is 0 Å². The maximum Gasteiger partial charge on any atom is 0.191 e. The Hall–Kier alpha value is -0.900. The minimum atomic E-state index is 0. The molecule has 2 N–H and O–H groups in total. The number of halogens is 1. The standard InChI is InChI=1S/C17H33N7.HI/c1-5-16-22-21-13-23(16)11-9-19-17(18-4)20-12-15(3)24-10-7-6-8-14(24)2;/h13-15H,5-12H2,1-4H3,(H2,18,19,20);1H. The van der Waals surface area contributed by atoms with Gasteiger partial charge in [-0.1, -0.05) is 13.3 Å². The molecule has 2 heterocycles. The predicted octanol–water partition coefficient (Wildman–Crippen LogP) is 1.89. The summed E-state index contributed by atoms with van der Waals surface area (Å²) < 4.78 is 2.08. The molecule has 1 aromatic heterocycles. The molecule has 0 aromatic carbocycles. The fourth-order valence-electron chi connectivity index (χ4n) is 3.39. The van der Waals surface area contributed by atoms with E-state index in [9.17, 15) is 0 Å². The normalized spacial score (nSPS) is 20.0. The summed E-state index contributed by atoms with van der Waals surface area (Å²) in [6.07, 6.45) is 6.69. The fourth-order valence-corrected chi connectivity index (χ4v) is 3.39. The average molecular weight is 463 g/mol. The molecule has 1 saturated heterocycles. The average Bonchev–Trinajstić information content (AvgIpc) is 3.05. The highest BCUT2D eigenvalue weighted by Gasteiger charge is 2.22. The summed E-state index contributed by atoms with van der Waals surface area (Å²) in [6, 6.07) is 1.20. The number of hydrogen-bond donors (Lipinski definition) is 2. The molecule has 0 bridgehead atoms. The van der Waals surface area contributed by atoms with Crippen LogP contribution in [0.3, 0.4) is 0 Å². The molecular formula is C17H34IN7. The molecule has 0 aliphatic carbocycles. The number of hydrogen-bond acceptors (Lipinski definition) is 4. The molecule has 2 rings (SSSR count). The van der Waals surface area contributed by atoms with Crippen LogP contribution in [-0.2, 0) is 13.0 Å². The monoisotopic (exact) mass is 463 g/mol. The van der Waals surface area contributed by atoms with Gasteiger partial charge in [0.25, 0.3) is 0 Å². The summed E-state index contributed by atoms with van der Waals surface area (Å²) in [5, 5.41) is 14.9. The van der Waals surface area contributed by atoms with Crippen molar-refractivity contribution in [3.8, 4) is 0 Å². The third-order valence-electron chi connectivity index (χ3n) is 4.87. The Balaban J connectivity index is 0.00000312. The Labute approximate surface area is 169 Å². The molecule has 1 fully saturated rings. The highest BCUT2D eigenvalue weighted by Crippen LogP contribution is 2.18. The summed E-state index contributed by atoms with van der Waals surface area (Å²) in [5.74, 6) is 1.88. The van der Waals surface area contributed by atoms with Crippen molar-refractivity contribution >= 4 is 29.9 Å². The van der Waals surface area contributed by atoms with Gasteiger partial charge in [-0.15, -0.1) is 34.2 Å². The second kappa shape index (κ2) is 11.7. The molecule has 0 spiro atoms. The van der Waals surface area contributed by atoms with E-state index in [0.717, 1.165) is 37.8 Å². The lowest BCUT2D eigenvalue weighted by atomic mass is 10.0. The summed E-state index contributed by atoms with van der Waals surface area (Å²) >= 11 is 0. The number of guanidine groups is 1. The van der Waals surface area contributed by atoms with Crippen molar-refractivity contribution in [3.05, 3.63) is 12.2 Å². The second-order valence-electron chi connectivity index (χ2n) is 6.61. The van der Waals surface area contributed by atoms with Crippen molar-refractivity contribution in [2.45, 2.75) is 65.1 Å². The Morgan fingerprint density at radius 1 is 1.40 bits per heavy atom. The molecule has 8 heteroatoms. The first-order chi connectivity index (χ1) is 11.7. The van der Waals surface area contributed by atoms with Gasteiger partial charge in [-0.2, -0.15) is 0 Å². The lowest BCUT2D eigenvalue weighted by Gasteiger charge is -2.38. The number of likely N-dealkylation sites (tertiary alicyclic amines) is 1. The molecular weight excluding hydrogens is 429 g/mol. The van der Waals surface area contributed by atoms with Gasteiger partial charge in [0.15, 0.2) is 5.96 Å². The van der Waals surface area contributed by atoms with E-state index in [1.807, 2.05) is 7.05 Å². The summed E-state index contributed by atoms with van der Waals surface area (Å²) in [6.45, 7) is 10.5. The predicted molar refractivity (Wildman–Crippen MR) is 114 cm³/mol. The topological polar surface area (TPSA) is 70.4 Å². The zero-order chi connectivity index (χ0) is 17.4. The maximum atomic E-state index is 4.32. The third kappa shape index (κ3) is 6.73. The molecule has 2 unspecified atom stereocenters. The summed E-state index contributed by atoms with van der Waals surface area (Å²) in [7, 11) is 1.82. The first-order valence-electron chi connectivity index (χ1n) is 9.22. The lowest BCUT2D eigenvalue weighted by molar-refractivity contribution is 0.115. The van der Waals surface area contributed by atoms with Gasteiger partial charge in [0.1, 0.15) is 12.2 Å². The number of rotatable bonds is 7. The smallest absolute Gasteiger partial charge is 0.191 e. The summed E-state index contributed by atoms with van der Waals surface area (Å²) in [4.78, 5) is 6.93. The summed E-state index contributed by atoms with van der Waals surface area (Å²) in [5.41, 5.74) is 0. The first kappa shape index (κ1) is 22.1. The first-order valence-corrected chi connectivity index (χ1v) is 9.22. The number of aryl methyl sites for hydroxylation is 1. The number of nitrogens with one attached hydrogen (secondary N) is 2. The van der Waals surface area contributed by atoms with Gasteiger partial charge < -0.3 is 15.2 Å². The van der Waals surface area contributed by atoms with Crippen LogP contribution in [0.4, 0.5) is 0 Å². The van der Waals surface area contributed by atoms with Crippen molar-refractivity contribution in [2.75, 3.05) is 26.7 Å². The Kier molecular flexibility index (Phi) is 10.3. The number of aliphatic imine (C=N–C) groups is 1. The van der Waals surface area contributed by atoms with E-state index in [1.54, 1.807) is 6.33 Å². The Morgan fingerprint density at radius 3 is 2.88 bits per heavy atom. The molecule has 0 radical (unpaired) electrons. The van der Waals surface area contributed by atoms with E-state index < -0.39 is 0 Å². The van der Waals surface area contributed by atoms with Gasteiger partial charge in [0.2, 0.25) is 0 Å². The minimum Gasteiger partial charge on any atom is -0.355 e. The molecule has 0 saturated carbocycles. The van der Waals surface area contributed by atoms with Crippen LogP contribution in [0.15, 0.2) is 11.3 Å². The highest BCUT2D eigenvalue weighted by atomic mass is 127. The molecule has 2 atom stereocenters. The van der Waals surface area contributed by atoms with Crippen LogP contribution in [-0.4, -0.2) is 64.4 Å². The van der Waals surface area contributed by atoms with Gasteiger partial charge in [-0.25, -0.2) is 0 Å². The molecule has 7 nitrogen and oxygen atoms in total. The van der Waals surface area contributed by atoms with Gasteiger partial charge in [-0.05, 0) is 33.2 Å². The number of aromatic nitrogens is 3. The van der Waals surface area contributed by atoms with Crippen LogP contribution in [0.5, 0.6) is 0 Å². The minimum absolute atomic E-state index is 0. The van der Waals surface area contributed by atoms with Crippen LogP contribution < -0.4 is 10.6 Å². The van der Waals surface area contributed by atoms with Crippen LogP contribution in [0.1, 0.15) is 45.9 Å². The Bertz CT molecular complexity index is 517. The van der Waals surface area contributed by atoms with E-state index in [1.165, 1.54) is 25.8 Å². The van der Waals surface area contributed by atoms with Crippen LogP contribution in [0, 0.1) is 0 Å². The van der Waals surface area contributed by atoms with E-state index in [-0.39, 0.29) is 24.0 Å². The fraction of sp³-hybridized carbons (Fsp3) is 0.824. The van der Waals surface area contributed by atoms with Crippen LogP contribution >= 0.6 is 24.0 Å². The molecule has 144 valence electrons. The van der Waals surface area contributed by atoms with Gasteiger partial charge >= 0.3 is 0 Å². The van der Waals surface area contributed by atoms with Gasteiger partial charge in [-0.3, -0.25) is 9.89 Å². The third-order valence-corrected chi connectivity index (χ3v) is 4.87. The van der Waals surface area contributed by atoms with E-state index >= 15 is 0 Å². The highest BCUT2D eigenvalue weighted by molar-refractivity contribution is 14.0. The second-order valence-corrected chi connectivity index (χ2v) is 6.61. The molecule has 1 aliphatic heterocycles. The van der Waals surface area contributed by atoms with Crippen molar-refractivity contribution < 1.29 is 0 Å². The van der Waals surface area contributed by atoms with Crippen molar-refractivity contribution in [3.63, 3.8) is 0 Å². The lowest BCUT2D eigenvalue weighted by Crippen LogP contribution is -2.50. The van der Waals surface area contributed by atoms with Crippen molar-refractivity contribution in [1.82, 2.24) is 30.3 Å². The van der Waals surface area contributed by atoms with Gasteiger partial charge in [0, 0.05) is 45.2 Å². The molecule has 1 aromatic rings. The Morgan fingerprint density at radius 2 is 2.20 bits per heavy atom. The zero-order valence-corrected chi connectivity index (χ0v) is 18.4. The van der Waals surface area contributed by atoms with E-state index in [0.29, 0.717) is 12.1 Å². The number of piperidine rings is 1. The molecule has 0 amide bonds. The zero-order valence-electron chi connectivity index (χ0n) is 16.0. The quantitative estimate of drug-likeness (QED) is 0.367. The van der Waals surface area contributed by atoms with Crippen LogP contribution in [0.2, 0.25) is 0 Å². The largest absolute Gasteiger partial charge is 0.355 e. The molecule has 25 heavy (non-hydrogen) atoms.